The van der Waals surface area contributed by atoms with E-state index >= 15 is 0 Å². The predicted octanol–water partition coefficient (Wildman–Crippen LogP) is 2.52. The average Bonchev–Trinajstić information content (AvgIpc) is 2.67. The number of nitro benzene ring substituents is 1. The number of aromatic nitrogens is 1. The Hall–Kier alpha value is -2.73. The summed E-state index contributed by atoms with van der Waals surface area (Å²) in [5, 5.41) is 11.1. The second-order valence-electron chi connectivity index (χ2n) is 6.02. The van der Waals surface area contributed by atoms with Crippen LogP contribution in [0.2, 0.25) is 0 Å². The van der Waals surface area contributed by atoms with Gasteiger partial charge in [-0.25, -0.2) is 13.4 Å². The summed E-state index contributed by atoms with van der Waals surface area (Å²) in [4.78, 5) is 15.4. The SMILES string of the molecule is O=[N+]([O-])c1ccccc1S(=O)(=O)N1CCN(c2cc(C(F)(F)F)ccn2)CC1. The molecule has 1 aromatic heterocycles. The average molecular weight is 416 g/mol. The van der Waals surface area contributed by atoms with Crippen molar-refractivity contribution in [2.24, 2.45) is 0 Å². The van der Waals surface area contributed by atoms with Gasteiger partial charge in [0.25, 0.3) is 5.69 Å². The third-order valence-electron chi connectivity index (χ3n) is 4.32. The van der Waals surface area contributed by atoms with Crippen LogP contribution in [0.4, 0.5) is 24.7 Å². The first-order chi connectivity index (χ1) is 13.1. The molecule has 0 bridgehead atoms. The Bertz CT molecular complexity index is 989. The summed E-state index contributed by atoms with van der Waals surface area (Å²) < 4.78 is 65.2. The number of benzene rings is 1. The van der Waals surface area contributed by atoms with Crippen LogP contribution in [0.1, 0.15) is 5.56 Å². The van der Waals surface area contributed by atoms with E-state index in [1.165, 1.54) is 12.1 Å². The summed E-state index contributed by atoms with van der Waals surface area (Å²) >= 11 is 0. The monoisotopic (exact) mass is 416 g/mol. The quantitative estimate of drug-likeness (QED) is 0.561. The number of piperazine rings is 1. The zero-order valence-electron chi connectivity index (χ0n) is 14.3. The van der Waals surface area contributed by atoms with Crippen molar-refractivity contribution in [3.8, 4) is 0 Å². The van der Waals surface area contributed by atoms with Gasteiger partial charge < -0.3 is 4.90 Å². The Labute approximate surface area is 158 Å². The summed E-state index contributed by atoms with van der Waals surface area (Å²) in [7, 11) is -4.11. The van der Waals surface area contributed by atoms with E-state index in [1.807, 2.05) is 0 Å². The third kappa shape index (κ3) is 3.92. The molecule has 0 saturated carbocycles. The van der Waals surface area contributed by atoms with Gasteiger partial charge in [-0.2, -0.15) is 17.5 Å². The number of para-hydroxylation sites is 1. The first-order valence-electron chi connectivity index (χ1n) is 8.12. The lowest BCUT2D eigenvalue weighted by atomic mass is 10.2. The van der Waals surface area contributed by atoms with Crippen LogP contribution in [-0.4, -0.2) is 48.8 Å². The Balaban J connectivity index is 1.78. The Morgan fingerprint density at radius 2 is 1.71 bits per heavy atom. The van der Waals surface area contributed by atoms with Crippen molar-refractivity contribution in [2.45, 2.75) is 11.1 Å². The highest BCUT2D eigenvalue weighted by molar-refractivity contribution is 7.89. The smallest absolute Gasteiger partial charge is 0.354 e. The van der Waals surface area contributed by atoms with Crippen molar-refractivity contribution in [3.63, 3.8) is 0 Å². The molecule has 1 aliphatic rings. The number of sulfonamides is 1. The maximum absolute atomic E-state index is 12.9. The number of anilines is 1. The topological polar surface area (TPSA) is 96.6 Å². The molecule has 12 heteroatoms. The van der Waals surface area contributed by atoms with Gasteiger partial charge in [0.05, 0.1) is 10.5 Å². The van der Waals surface area contributed by atoms with Gasteiger partial charge in [0, 0.05) is 38.4 Å². The minimum atomic E-state index is -4.50. The second-order valence-corrected chi connectivity index (χ2v) is 7.92. The molecule has 0 aliphatic carbocycles. The summed E-state index contributed by atoms with van der Waals surface area (Å²) in [5.41, 5.74) is -1.36. The van der Waals surface area contributed by atoms with E-state index in [2.05, 4.69) is 4.98 Å². The van der Waals surface area contributed by atoms with E-state index in [0.717, 1.165) is 34.8 Å². The highest BCUT2D eigenvalue weighted by Gasteiger charge is 2.35. The summed E-state index contributed by atoms with van der Waals surface area (Å²) in [6.07, 6.45) is -3.45. The zero-order valence-corrected chi connectivity index (χ0v) is 15.2. The Kier molecular flexibility index (Phi) is 5.26. The van der Waals surface area contributed by atoms with Gasteiger partial charge in [-0.1, -0.05) is 12.1 Å². The Morgan fingerprint density at radius 3 is 2.32 bits per heavy atom. The van der Waals surface area contributed by atoms with E-state index in [9.17, 15) is 31.7 Å². The largest absolute Gasteiger partial charge is 0.416 e. The summed E-state index contributed by atoms with van der Waals surface area (Å²) in [5.74, 6) is 0.0950. The van der Waals surface area contributed by atoms with Gasteiger partial charge in [-0.3, -0.25) is 10.1 Å². The minimum Gasteiger partial charge on any atom is -0.354 e. The molecule has 1 saturated heterocycles. The molecule has 2 heterocycles. The van der Waals surface area contributed by atoms with Crippen molar-refractivity contribution < 1.29 is 26.5 Å². The molecular weight excluding hydrogens is 401 g/mol. The van der Waals surface area contributed by atoms with Gasteiger partial charge in [0.15, 0.2) is 4.90 Å². The predicted molar refractivity (Wildman–Crippen MR) is 93.3 cm³/mol. The maximum atomic E-state index is 12.9. The first kappa shape index (κ1) is 20.0. The highest BCUT2D eigenvalue weighted by Crippen LogP contribution is 2.31. The lowest BCUT2D eigenvalue weighted by Gasteiger charge is -2.34. The van der Waals surface area contributed by atoms with Crippen LogP contribution in [-0.2, 0) is 16.2 Å². The van der Waals surface area contributed by atoms with Crippen LogP contribution < -0.4 is 4.90 Å². The molecule has 8 nitrogen and oxygen atoms in total. The number of hydrogen-bond donors (Lipinski definition) is 0. The molecule has 0 spiro atoms. The number of rotatable bonds is 4. The summed E-state index contributed by atoms with van der Waals surface area (Å²) in [6.45, 7) is 0.140. The summed E-state index contributed by atoms with van der Waals surface area (Å²) in [6, 6.07) is 6.80. The van der Waals surface area contributed by atoms with Gasteiger partial charge in [-0.15, -0.1) is 0 Å². The molecule has 0 N–H and O–H groups in total. The number of nitro groups is 1. The van der Waals surface area contributed by atoms with Crippen LogP contribution in [0.15, 0.2) is 47.5 Å². The van der Waals surface area contributed by atoms with Crippen LogP contribution in [0, 0.1) is 10.1 Å². The van der Waals surface area contributed by atoms with Gasteiger partial charge >= 0.3 is 6.18 Å². The van der Waals surface area contributed by atoms with Gasteiger partial charge in [0.1, 0.15) is 5.82 Å². The lowest BCUT2D eigenvalue weighted by molar-refractivity contribution is -0.387. The van der Waals surface area contributed by atoms with Crippen LogP contribution >= 0.6 is 0 Å². The number of nitrogens with zero attached hydrogens (tertiary/aromatic N) is 4. The van der Waals surface area contributed by atoms with E-state index < -0.39 is 37.3 Å². The van der Waals surface area contributed by atoms with E-state index in [1.54, 1.807) is 4.90 Å². The molecule has 1 aliphatic heterocycles. The zero-order chi connectivity index (χ0) is 20.5. The number of hydrogen-bond acceptors (Lipinski definition) is 6. The number of pyridine rings is 1. The molecule has 1 aromatic carbocycles. The molecule has 2 aromatic rings. The third-order valence-corrected chi connectivity index (χ3v) is 6.26. The van der Waals surface area contributed by atoms with Gasteiger partial charge in [0.2, 0.25) is 10.0 Å². The molecule has 0 unspecified atom stereocenters. The van der Waals surface area contributed by atoms with E-state index in [4.69, 9.17) is 0 Å². The van der Waals surface area contributed by atoms with Gasteiger partial charge in [-0.05, 0) is 18.2 Å². The number of halogens is 3. The molecule has 28 heavy (non-hydrogen) atoms. The fraction of sp³-hybridized carbons (Fsp3) is 0.312. The molecule has 150 valence electrons. The van der Waals surface area contributed by atoms with E-state index in [0.29, 0.717) is 0 Å². The standard InChI is InChI=1S/C16H15F3N4O4S/c17-16(18,19)12-5-6-20-15(11-12)21-7-9-22(10-8-21)28(26,27)14-4-2-1-3-13(14)23(24)25/h1-6,11H,7-10H2. The second kappa shape index (κ2) is 7.36. The van der Waals surface area contributed by atoms with Crippen molar-refractivity contribution in [2.75, 3.05) is 31.1 Å². The molecular formula is C16H15F3N4O4S. The normalized spacial score (nSPS) is 16.2. The first-order valence-corrected chi connectivity index (χ1v) is 9.56. The molecule has 0 amide bonds. The highest BCUT2D eigenvalue weighted by atomic mass is 32.2. The maximum Gasteiger partial charge on any atom is 0.416 e. The molecule has 0 atom stereocenters. The minimum absolute atomic E-state index is 0.0354. The molecule has 1 fully saturated rings. The van der Waals surface area contributed by atoms with E-state index in [-0.39, 0.29) is 32.0 Å². The fourth-order valence-corrected chi connectivity index (χ4v) is 4.47. The van der Waals surface area contributed by atoms with Crippen molar-refractivity contribution >= 4 is 21.5 Å². The van der Waals surface area contributed by atoms with Crippen LogP contribution in [0.25, 0.3) is 0 Å². The molecule has 3 rings (SSSR count). The Morgan fingerprint density at radius 1 is 1.07 bits per heavy atom. The van der Waals surface area contributed by atoms with Crippen molar-refractivity contribution in [1.82, 2.24) is 9.29 Å². The number of alkyl halides is 3. The molecule has 0 radical (unpaired) electrons. The van der Waals surface area contributed by atoms with Crippen molar-refractivity contribution in [3.05, 3.63) is 58.3 Å². The fourth-order valence-electron chi connectivity index (χ4n) is 2.89. The van der Waals surface area contributed by atoms with Crippen LogP contribution in [0.5, 0.6) is 0 Å². The lowest BCUT2D eigenvalue weighted by Crippen LogP contribution is -2.49. The van der Waals surface area contributed by atoms with Crippen molar-refractivity contribution in [1.29, 1.82) is 0 Å². The van der Waals surface area contributed by atoms with Crippen LogP contribution in [0.3, 0.4) is 0 Å².